The second-order valence-corrected chi connectivity index (χ2v) is 6.03. The van der Waals surface area contributed by atoms with Gasteiger partial charge in [-0.1, -0.05) is 24.3 Å². The molecule has 4 rings (SSSR count). The summed E-state index contributed by atoms with van der Waals surface area (Å²) in [5.74, 6) is 1.47. The van der Waals surface area contributed by atoms with Crippen molar-refractivity contribution in [1.82, 2.24) is 15.0 Å². The summed E-state index contributed by atoms with van der Waals surface area (Å²) in [4.78, 5) is 13.7. The number of nitrogens with zero attached hydrogens (tertiary/aromatic N) is 3. The minimum atomic E-state index is 0.666. The highest BCUT2D eigenvalue weighted by Gasteiger charge is 2.11. The number of pyridine rings is 1. The van der Waals surface area contributed by atoms with Gasteiger partial charge in [-0.25, -0.2) is 9.97 Å². The largest absolute Gasteiger partial charge is 0.339 e. The highest BCUT2D eigenvalue weighted by Crippen LogP contribution is 2.28. The first kappa shape index (κ1) is 15.3. The first-order valence-electron chi connectivity index (χ1n) is 8.23. The Hall–Kier alpha value is -3.27. The van der Waals surface area contributed by atoms with Crippen molar-refractivity contribution in [2.45, 2.75) is 13.8 Å². The van der Waals surface area contributed by atoms with Gasteiger partial charge in [0.05, 0.1) is 5.52 Å². The van der Waals surface area contributed by atoms with Crippen molar-refractivity contribution in [3.8, 4) is 11.4 Å². The molecule has 0 saturated heterocycles. The van der Waals surface area contributed by atoms with Crippen LogP contribution in [0.1, 0.15) is 11.1 Å². The average molecular weight is 326 g/mol. The van der Waals surface area contributed by atoms with Crippen molar-refractivity contribution < 1.29 is 0 Å². The summed E-state index contributed by atoms with van der Waals surface area (Å²) in [6, 6.07) is 18.1. The Bertz CT molecular complexity index is 1040. The summed E-state index contributed by atoms with van der Waals surface area (Å²) in [7, 11) is 0. The van der Waals surface area contributed by atoms with Gasteiger partial charge in [-0.15, -0.1) is 0 Å². The average Bonchev–Trinajstić information content (AvgIpc) is 2.66. The first-order valence-corrected chi connectivity index (χ1v) is 8.23. The molecular weight excluding hydrogens is 308 g/mol. The Morgan fingerprint density at radius 3 is 2.56 bits per heavy atom. The number of para-hydroxylation sites is 1. The van der Waals surface area contributed by atoms with E-state index in [2.05, 4.69) is 42.3 Å². The SMILES string of the molecule is Cc1cccc(Nc2nc(-c3cccnc3)nc3ccccc23)c1C. The summed E-state index contributed by atoms with van der Waals surface area (Å²) in [5.41, 5.74) is 5.33. The van der Waals surface area contributed by atoms with Gasteiger partial charge in [-0.3, -0.25) is 4.98 Å². The molecule has 0 fully saturated rings. The summed E-state index contributed by atoms with van der Waals surface area (Å²) in [6.45, 7) is 4.22. The number of aromatic nitrogens is 3. The molecule has 2 aromatic carbocycles. The van der Waals surface area contributed by atoms with Crippen LogP contribution in [0.2, 0.25) is 0 Å². The highest BCUT2D eigenvalue weighted by atomic mass is 15.0. The number of anilines is 2. The van der Waals surface area contributed by atoms with Gasteiger partial charge in [0.1, 0.15) is 5.82 Å². The zero-order valence-corrected chi connectivity index (χ0v) is 14.2. The van der Waals surface area contributed by atoms with E-state index in [1.54, 1.807) is 12.4 Å². The molecule has 4 heteroatoms. The Morgan fingerprint density at radius 1 is 0.840 bits per heavy atom. The van der Waals surface area contributed by atoms with E-state index < -0.39 is 0 Å². The lowest BCUT2D eigenvalue weighted by Gasteiger charge is -2.14. The number of rotatable bonds is 3. The lowest BCUT2D eigenvalue weighted by Crippen LogP contribution is -2.01. The third kappa shape index (κ3) is 2.94. The van der Waals surface area contributed by atoms with E-state index in [1.165, 1.54) is 11.1 Å². The Morgan fingerprint density at radius 2 is 1.72 bits per heavy atom. The molecule has 0 radical (unpaired) electrons. The summed E-state index contributed by atoms with van der Waals surface area (Å²) in [6.07, 6.45) is 3.53. The number of hydrogen-bond acceptors (Lipinski definition) is 4. The van der Waals surface area contributed by atoms with E-state index in [9.17, 15) is 0 Å². The molecule has 4 nitrogen and oxygen atoms in total. The second kappa shape index (κ2) is 6.32. The van der Waals surface area contributed by atoms with E-state index in [-0.39, 0.29) is 0 Å². The highest BCUT2D eigenvalue weighted by molar-refractivity contribution is 5.92. The maximum absolute atomic E-state index is 4.77. The molecule has 0 atom stereocenters. The third-order valence-electron chi connectivity index (χ3n) is 4.38. The fraction of sp³-hybridized carbons (Fsp3) is 0.0952. The van der Waals surface area contributed by atoms with E-state index in [1.807, 2.05) is 36.4 Å². The van der Waals surface area contributed by atoms with Crippen molar-refractivity contribution >= 4 is 22.4 Å². The van der Waals surface area contributed by atoms with Crippen LogP contribution >= 0.6 is 0 Å². The first-order chi connectivity index (χ1) is 12.2. The molecule has 0 spiro atoms. The number of hydrogen-bond donors (Lipinski definition) is 1. The fourth-order valence-electron chi connectivity index (χ4n) is 2.81. The molecule has 0 amide bonds. The quantitative estimate of drug-likeness (QED) is 0.572. The topological polar surface area (TPSA) is 50.7 Å². The predicted molar refractivity (Wildman–Crippen MR) is 102 cm³/mol. The van der Waals surface area contributed by atoms with Crippen molar-refractivity contribution in [2.24, 2.45) is 0 Å². The van der Waals surface area contributed by atoms with Crippen LogP contribution in [0, 0.1) is 13.8 Å². The van der Waals surface area contributed by atoms with Gasteiger partial charge >= 0.3 is 0 Å². The molecule has 0 aliphatic carbocycles. The van der Waals surface area contributed by atoms with Crippen molar-refractivity contribution in [3.05, 3.63) is 78.1 Å². The van der Waals surface area contributed by atoms with Gasteiger partial charge in [-0.05, 0) is 55.3 Å². The molecule has 2 heterocycles. The van der Waals surface area contributed by atoms with Gasteiger partial charge in [0.15, 0.2) is 5.82 Å². The fourth-order valence-corrected chi connectivity index (χ4v) is 2.81. The van der Waals surface area contributed by atoms with E-state index in [4.69, 9.17) is 9.97 Å². The number of fused-ring (bicyclic) bond motifs is 1. The lowest BCUT2D eigenvalue weighted by atomic mass is 10.1. The molecular formula is C21H18N4. The molecule has 2 aromatic heterocycles. The summed E-state index contributed by atoms with van der Waals surface area (Å²) >= 11 is 0. The van der Waals surface area contributed by atoms with E-state index >= 15 is 0 Å². The normalized spacial score (nSPS) is 10.8. The molecule has 0 aliphatic rings. The van der Waals surface area contributed by atoms with Gasteiger partial charge in [0.2, 0.25) is 0 Å². The maximum Gasteiger partial charge on any atom is 0.163 e. The standard InChI is InChI=1S/C21H18N4/c1-14-7-5-11-18(15(14)2)23-21-17-9-3-4-10-19(17)24-20(25-21)16-8-6-12-22-13-16/h3-13H,1-2H3,(H,23,24,25). The summed E-state index contributed by atoms with van der Waals surface area (Å²) < 4.78 is 0. The van der Waals surface area contributed by atoms with Crippen molar-refractivity contribution in [1.29, 1.82) is 0 Å². The van der Waals surface area contributed by atoms with Crippen LogP contribution in [-0.4, -0.2) is 15.0 Å². The van der Waals surface area contributed by atoms with Gasteiger partial charge in [0.25, 0.3) is 0 Å². The van der Waals surface area contributed by atoms with Crippen LogP contribution in [-0.2, 0) is 0 Å². The lowest BCUT2D eigenvalue weighted by molar-refractivity contribution is 1.20. The monoisotopic (exact) mass is 326 g/mol. The molecule has 0 aliphatic heterocycles. The van der Waals surface area contributed by atoms with Crippen molar-refractivity contribution in [2.75, 3.05) is 5.32 Å². The number of benzene rings is 2. The van der Waals surface area contributed by atoms with Gasteiger partial charge < -0.3 is 5.32 Å². The second-order valence-electron chi connectivity index (χ2n) is 6.03. The molecule has 0 bridgehead atoms. The summed E-state index contributed by atoms with van der Waals surface area (Å²) in [5, 5.41) is 4.49. The Balaban J connectivity index is 1.88. The van der Waals surface area contributed by atoms with Gasteiger partial charge in [-0.2, -0.15) is 0 Å². The maximum atomic E-state index is 4.77. The molecule has 122 valence electrons. The third-order valence-corrected chi connectivity index (χ3v) is 4.38. The van der Waals surface area contributed by atoms with Crippen LogP contribution < -0.4 is 5.32 Å². The Kier molecular flexibility index (Phi) is 3.86. The van der Waals surface area contributed by atoms with Gasteiger partial charge in [0, 0.05) is 29.0 Å². The minimum absolute atomic E-state index is 0.666. The van der Waals surface area contributed by atoms with Crippen LogP contribution in [0.15, 0.2) is 67.0 Å². The minimum Gasteiger partial charge on any atom is -0.339 e. The Labute approximate surface area is 146 Å². The van der Waals surface area contributed by atoms with Crippen LogP contribution in [0.4, 0.5) is 11.5 Å². The van der Waals surface area contributed by atoms with Crippen LogP contribution in [0.5, 0.6) is 0 Å². The molecule has 25 heavy (non-hydrogen) atoms. The number of nitrogens with one attached hydrogen (secondary N) is 1. The molecule has 1 N–H and O–H groups in total. The zero-order valence-electron chi connectivity index (χ0n) is 14.2. The smallest absolute Gasteiger partial charge is 0.163 e. The molecule has 0 unspecified atom stereocenters. The molecule has 0 saturated carbocycles. The number of aryl methyl sites for hydroxylation is 1. The van der Waals surface area contributed by atoms with E-state index in [0.717, 1.165) is 28.0 Å². The van der Waals surface area contributed by atoms with E-state index in [0.29, 0.717) is 5.82 Å². The predicted octanol–water partition coefficient (Wildman–Crippen LogP) is 5.05. The van der Waals surface area contributed by atoms with Crippen molar-refractivity contribution in [3.63, 3.8) is 0 Å². The molecule has 4 aromatic rings. The zero-order chi connectivity index (χ0) is 17.2. The van der Waals surface area contributed by atoms with Crippen LogP contribution in [0.25, 0.3) is 22.3 Å². The van der Waals surface area contributed by atoms with Crippen LogP contribution in [0.3, 0.4) is 0 Å².